The molecule has 2 heterocycles. The number of benzene rings is 1. The van der Waals surface area contributed by atoms with Crippen molar-refractivity contribution in [2.75, 3.05) is 19.6 Å². The molecular formula is C17H20N5O2Rb. The molecule has 0 radical (unpaired) electrons. The Kier molecular flexibility index (Phi) is 8.11. The number of carbonyl (C=O) groups excluding carboxylic acids is 1. The van der Waals surface area contributed by atoms with E-state index in [1.165, 1.54) is 23.5 Å². The summed E-state index contributed by atoms with van der Waals surface area (Å²) >= 11 is 0. The van der Waals surface area contributed by atoms with Crippen LogP contribution in [0.2, 0.25) is 0 Å². The van der Waals surface area contributed by atoms with E-state index in [9.17, 15) is 9.90 Å². The third-order valence-corrected chi connectivity index (χ3v) is 4.08. The van der Waals surface area contributed by atoms with Crippen LogP contribution in [-0.4, -0.2) is 51.6 Å². The molecule has 1 amide bonds. The SMILES string of the molecule is [NH-]c1cc(C(=O)NC[C@H](O)CN2CCc3ccccc3C2)ncn1.[Rb+]. The molecule has 0 spiro atoms. The Labute approximate surface area is 195 Å². The maximum Gasteiger partial charge on any atom is 1.00 e. The van der Waals surface area contributed by atoms with E-state index < -0.39 is 12.0 Å². The van der Waals surface area contributed by atoms with Crippen molar-refractivity contribution < 1.29 is 68.1 Å². The monoisotopic (exact) mass is 411 g/mol. The Bertz CT molecular complexity index is 728. The van der Waals surface area contributed by atoms with Gasteiger partial charge in [-0.1, -0.05) is 30.1 Å². The van der Waals surface area contributed by atoms with Crippen LogP contribution >= 0.6 is 0 Å². The van der Waals surface area contributed by atoms with Crippen molar-refractivity contribution in [3.63, 3.8) is 0 Å². The van der Waals surface area contributed by atoms with Crippen LogP contribution in [0, 0.1) is 0 Å². The number of hydrogen-bond donors (Lipinski definition) is 2. The fraction of sp³-hybridized carbons (Fsp3) is 0.353. The van der Waals surface area contributed by atoms with Crippen LogP contribution in [0.5, 0.6) is 0 Å². The molecule has 8 heteroatoms. The number of nitrogens with one attached hydrogen (secondary N) is 2. The van der Waals surface area contributed by atoms with Crippen molar-refractivity contribution in [1.29, 1.82) is 0 Å². The van der Waals surface area contributed by atoms with Gasteiger partial charge in [0.2, 0.25) is 0 Å². The number of aliphatic hydroxyl groups is 1. The maximum atomic E-state index is 11.9. The standard InChI is InChI=1S/C17H21N5O2.Rb/c18-16-7-15(20-11-21-16)17(24)19-8-14(23)10-22-6-5-12-3-1-2-4-13(12)9-22;/h1-4,7,11,14,23H,5-6,8-10H2,(H3,18,19,20,21,24);/q;+1/p-1/t14-;/m0./s1. The predicted octanol–water partition coefficient (Wildman–Crippen LogP) is -1.69. The van der Waals surface area contributed by atoms with Gasteiger partial charge in [-0.25, -0.2) is 0 Å². The first-order valence-corrected chi connectivity index (χ1v) is 7.91. The summed E-state index contributed by atoms with van der Waals surface area (Å²) in [5, 5.41) is 12.8. The molecule has 1 aromatic carbocycles. The van der Waals surface area contributed by atoms with Gasteiger partial charge in [0, 0.05) is 32.5 Å². The average molecular weight is 412 g/mol. The minimum atomic E-state index is -0.656. The van der Waals surface area contributed by atoms with E-state index in [1.807, 2.05) is 12.1 Å². The summed E-state index contributed by atoms with van der Waals surface area (Å²) in [6.07, 6.45) is 1.50. The summed E-state index contributed by atoms with van der Waals surface area (Å²) in [5.74, 6) is -0.420. The van der Waals surface area contributed by atoms with Gasteiger partial charge in [0.15, 0.2) is 0 Å². The van der Waals surface area contributed by atoms with E-state index >= 15 is 0 Å². The topological polar surface area (TPSA) is 102 Å². The zero-order valence-corrected chi connectivity index (χ0v) is 19.2. The van der Waals surface area contributed by atoms with Crippen LogP contribution in [0.3, 0.4) is 0 Å². The number of fused-ring (bicyclic) bond motifs is 1. The van der Waals surface area contributed by atoms with Crippen LogP contribution in [0.15, 0.2) is 36.7 Å². The third kappa shape index (κ3) is 5.91. The van der Waals surface area contributed by atoms with E-state index in [1.54, 1.807) is 0 Å². The smallest absolute Gasteiger partial charge is 0.482 e. The summed E-state index contributed by atoms with van der Waals surface area (Å²) in [6.45, 7) is 2.36. The summed E-state index contributed by atoms with van der Waals surface area (Å²) in [6, 6.07) is 9.63. The van der Waals surface area contributed by atoms with Crippen molar-refractivity contribution in [1.82, 2.24) is 20.2 Å². The minimum Gasteiger partial charge on any atom is -0.482 e. The van der Waals surface area contributed by atoms with Gasteiger partial charge in [-0.05, 0) is 23.6 Å². The van der Waals surface area contributed by atoms with Gasteiger partial charge in [-0.3, -0.25) is 14.7 Å². The number of nitrogens with zero attached hydrogens (tertiary/aromatic N) is 3. The molecule has 0 bridgehead atoms. The molecule has 0 fully saturated rings. The molecule has 1 atom stereocenters. The van der Waals surface area contributed by atoms with E-state index in [0.717, 1.165) is 19.5 Å². The largest absolute Gasteiger partial charge is 1.00 e. The number of amides is 1. The van der Waals surface area contributed by atoms with Gasteiger partial charge in [0.05, 0.1) is 6.10 Å². The van der Waals surface area contributed by atoms with Gasteiger partial charge in [0.1, 0.15) is 5.69 Å². The second kappa shape index (κ2) is 9.85. The fourth-order valence-electron chi connectivity index (χ4n) is 2.86. The predicted molar refractivity (Wildman–Crippen MR) is 89.8 cm³/mol. The number of carbonyl (C=O) groups is 1. The molecule has 1 aliphatic rings. The Hall–Kier alpha value is -0.705. The van der Waals surface area contributed by atoms with Gasteiger partial charge >= 0.3 is 58.2 Å². The van der Waals surface area contributed by atoms with Crippen molar-refractivity contribution >= 4 is 11.7 Å². The molecule has 0 aliphatic carbocycles. The quantitative estimate of drug-likeness (QED) is 0.611. The minimum absolute atomic E-state index is 0. The first-order chi connectivity index (χ1) is 11.6. The van der Waals surface area contributed by atoms with Crippen LogP contribution in [0.1, 0.15) is 21.6 Å². The Morgan fingerprint density at radius 1 is 1.32 bits per heavy atom. The number of aromatic nitrogens is 2. The summed E-state index contributed by atoms with van der Waals surface area (Å²) in [5.41, 5.74) is 10.2. The van der Waals surface area contributed by atoms with Gasteiger partial charge in [-0.2, -0.15) is 0 Å². The van der Waals surface area contributed by atoms with E-state index in [4.69, 9.17) is 5.73 Å². The summed E-state index contributed by atoms with van der Waals surface area (Å²) < 4.78 is 0. The van der Waals surface area contributed by atoms with Crippen LogP contribution in [-0.2, 0) is 13.0 Å². The van der Waals surface area contributed by atoms with Crippen LogP contribution < -0.4 is 63.5 Å². The molecule has 3 rings (SSSR count). The van der Waals surface area contributed by atoms with Crippen molar-refractivity contribution in [2.24, 2.45) is 0 Å². The second-order valence-electron chi connectivity index (χ2n) is 5.91. The Morgan fingerprint density at radius 3 is 2.84 bits per heavy atom. The van der Waals surface area contributed by atoms with Crippen molar-refractivity contribution in [3.05, 3.63) is 59.2 Å². The molecule has 7 nitrogen and oxygen atoms in total. The Morgan fingerprint density at radius 2 is 2.08 bits per heavy atom. The molecule has 126 valence electrons. The average Bonchev–Trinajstić information content (AvgIpc) is 2.59. The van der Waals surface area contributed by atoms with E-state index in [0.29, 0.717) is 6.54 Å². The normalized spacial score (nSPS) is 14.9. The van der Waals surface area contributed by atoms with Crippen LogP contribution in [0.25, 0.3) is 5.73 Å². The number of β-amino-alcohol motifs (C(OH)–C–C–N with tert-alkyl or cyclic N) is 1. The first-order valence-electron chi connectivity index (χ1n) is 7.91. The number of aliphatic hydroxyl groups excluding tert-OH is 1. The zero-order chi connectivity index (χ0) is 16.9. The van der Waals surface area contributed by atoms with E-state index in [2.05, 4.69) is 32.3 Å². The maximum absolute atomic E-state index is 11.9. The summed E-state index contributed by atoms with van der Waals surface area (Å²) in [7, 11) is 0. The number of rotatable bonds is 5. The molecule has 0 saturated heterocycles. The van der Waals surface area contributed by atoms with Crippen molar-refractivity contribution in [3.8, 4) is 0 Å². The van der Waals surface area contributed by atoms with Gasteiger partial charge in [-0.15, -0.1) is 0 Å². The molecule has 1 aliphatic heterocycles. The zero-order valence-electron chi connectivity index (χ0n) is 14.3. The molecule has 3 N–H and O–H groups in total. The fourth-order valence-corrected chi connectivity index (χ4v) is 2.86. The van der Waals surface area contributed by atoms with Crippen LogP contribution in [0.4, 0.5) is 5.82 Å². The molecule has 0 unspecified atom stereocenters. The molecule has 25 heavy (non-hydrogen) atoms. The van der Waals surface area contributed by atoms with Gasteiger partial charge < -0.3 is 21.1 Å². The van der Waals surface area contributed by atoms with Crippen molar-refractivity contribution in [2.45, 2.75) is 19.1 Å². The number of hydrogen-bond acceptors (Lipinski definition) is 5. The Balaban J connectivity index is 0.00000225. The third-order valence-electron chi connectivity index (χ3n) is 4.08. The molecular weight excluding hydrogens is 392 g/mol. The molecule has 1 aromatic heterocycles. The molecule has 2 aromatic rings. The van der Waals surface area contributed by atoms with Gasteiger partial charge in [0.25, 0.3) is 5.91 Å². The first kappa shape index (κ1) is 20.6. The van der Waals surface area contributed by atoms with E-state index in [-0.39, 0.29) is 76.2 Å². The second-order valence-corrected chi connectivity index (χ2v) is 5.91. The molecule has 0 saturated carbocycles. The summed E-state index contributed by atoms with van der Waals surface area (Å²) in [4.78, 5) is 21.6.